The van der Waals surface area contributed by atoms with Gasteiger partial charge in [-0.15, -0.1) is 0 Å². The van der Waals surface area contributed by atoms with E-state index in [1.807, 2.05) is 19.1 Å². The lowest BCUT2D eigenvalue weighted by Crippen LogP contribution is -1.96. The predicted octanol–water partition coefficient (Wildman–Crippen LogP) is 0.925. The van der Waals surface area contributed by atoms with Crippen LogP contribution in [-0.2, 0) is 10.8 Å². The molecule has 0 N–H and O–H groups in total. The van der Waals surface area contributed by atoms with E-state index < -0.39 is 0 Å². The molecule has 72 valence electrons. The van der Waals surface area contributed by atoms with Crippen LogP contribution in [0.3, 0.4) is 0 Å². The zero-order valence-corrected chi connectivity index (χ0v) is 10.2. The van der Waals surface area contributed by atoms with Crippen LogP contribution in [-0.4, -0.2) is 23.7 Å². The molecule has 1 aromatic rings. The number of hydrogen-bond donors (Lipinski definition) is 0. The van der Waals surface area contributed by atoms with E-state index in [1.54, 1.807) is 0 Å². The van der Waals surface area contributed by atoms with Gasteiger partial charge in [0.25, 0.3) is 0 Å². The van der Waals surface area contributed by atoms with Crippen molar-refractivity contribution >= 4 is 10.5 Å². The Hall–Kier alpha value is -0.803. The molecule has 1 rings (SSSR count). The Morgan fingerprint density at radius 3 is 2.46 bits per heavy atom. The number of hydrogen-bond acceptors (Lipinski definition) is 2. The molecule has 0 bridgehead atoms. The fourth-order valence-corrected chi connectivity index (χ4v) is 1.34. The second kappa shape index (κ2) is 5.78. The van der Waals surface area contributed by atoms with Crippen molar-refractivity contribution in [3.8, 4) is 5.75 Å². The van der Waals surface area contributed by atoms with Crippen molar-refractivity contribution in [1.29, 1.82) is 0 Å². The van der Waals surface area contributed by atoms with Gasteiger partial charge in [0, 0.05) is 6.61 Å². The molecule has 0 fully saturated rings. The molecule has 0 aliphatic heterocycles. The molecule has 0 saturated carbocycles. The van der Waals surface area contributed by atoms with Crippen molar-refractivity contribution in [3.05, 3.63) is 29.8 Å². The Labute approximate surface area is 82.4 Å². The Bertz CT molecular complexity index is 233. The Morgan fingerprint density at radius 1 is 1.23 bits per heavy atom. The van der Waals surface area contributed by atoms with Crippen molar-refractivity contribution < 1.29 is 9.16 Å². The van der Waals surface area contributed by atoms with Gasteiger partial charge >= 0.3 is 0 Å². The second-order valence-electron chi connectivity index (χ2n) is 2.82. The third-order valence-corrected chi connectivity index (χ3v) is 2.24. The summed E-state index contributed by atoms with van der Waals surface area (Å²) in [4.78, 5) is 0. The van der Waals surface area contributed by atoms with Gasteiger partial charge in [0.1, 0.15) is 16.2 Å². The predicted molar refractivity (Wildman–Crippen MR) is 57.2 cm³/mol. The third kappa shape index (κ3) is 3.61. The van der Waals surface area contributed by atoms with E-state index >= 15 is 0 Å². The van der Waals surface area contributed by atoms with Gasteiger partial charge in [0.05, 0.1) is 6.61 Å². The second-order valence-corrected chi connectivity index (χ2v) is 3.40. The van der Waals surface area contributed by atoms with E-state index in [1.165, 1.54) is 5.56 Å². The highest BCUT2D eigenvalue weighted by Gasteiger charge is 1.93. The lowest BCUT2D eigenvalue weighted by atomic mass is 10.1. The standard InChI is InChI=1S/C10H16O2Si/c1-2-11-10-5-3-9(4-6-10)7-8-12-13/h3-6H,2,7-8H2,1,13H3. The van der Waals surface area contributed by atoms with Gasteiger partial charge in [-0.2, -0.15) is 0 Å². The number of rotatable bonds is 5. The topological polar surface area (TPSA) is 18.5 Å². The van der Waals surface area contributed by atoms with E-state index in [4.69, 9.17) is 9.16 Å². The number of benzene rings is 1. The average molecular weight is 196 g/mol. The van der Waals surface area contributed by atoms with E-state index in [0.717, 1.165) is 35.9 Å². The van der Waals surface area contributed by atoms with Crippen molar-refractivity contribution in [3.63, 3.8) is 0 Å². The minimum atomic E-state index is 0.725. The molecule has 0 saturated heterocycles. The molecule has 0 heterocycles. The van der Waals surface area contributed by atoms with Crippen molar-refractivity contribution in [2.24, 2.45) is 0 Å². The highest BCUT2D eigenvalue weighted by molar-refractivity contribution is 5.97. The summed E-state index contributed by atoms with van der Waals surface area (Å²) in [5.74, 6) is 0.943. The number of ether oxygens (including phenoxy) is 1. The molecular weight excluding hydrogens is 180 g/mol. The highest BCUT2D eigenvalue weighted by Crippen LogP contribution is 2.12. The summed E-state index contributed by atoms with van der Waals surface area (Å²) in [6, 6.07) is 8.19. The lowest BCUT2D eigenvalue weighted by Gasteiger charge is -2.04. The van der Waals surface area contributed by atoms with Gasteiger partial charge in [0.2, 0.25) is 0 Å². The fraction of sp³-hybridized carbons (Fsp3) is 0.400. The molecule has 0 aromatic heterocycles. The summed E-state index contributed by atoms with van der Waals surface area (Å²) >= 11 is 0. The van der Waals surface area contributed by atoms with E-state index in [-0.39, 0.29) is 0 Å². The van der Waals surface area contributed by atoms with Crippen LogP contribution in [0.25, 0.3) is 0 Å². The highest BCUT2D eigenvalue weighted by atomic mass is 28.2. The van der Waals surface area contributed by atoms with Gasteiger partial charge < -0.3 is 9.16 Å². The Kier molecular flexibility index (Phi) is 4.57. The van der Waals surface area contributed by atoms with Gasteiger partial charge in [-0.3, -0.25) is 0 Å². The summed E-state index contributed by atoms with van der Waals surface area (Å²) in [5.41, 5.74) is 1.30. The van der Waals surface area contributed by atoms with Crippen LogP contribution in [0.5, 0.6) is 5.75 Å². The van der Waals surface area contributed by atoms with Gasteiger partial charge in [0.15, 0.2) is 0 Å². The van der Waals surface area contributed by atoms with Crippen LogP contribution in [0, 0.1) is 0 Å². The molecule has 0 atom stereocenters. The Morgan fingerprint density at radius 2 is 1.92 bits per heavy atom. The monoisotopic (exact) mass is 196 g/mol. The molecule has 2 nitrogen and oxygen atoms in total. The molecule has 0 spiro atoms. The minimum absolute atomic E-state index is 0.725. The molecule has 0 radical (unpaired) electrons. The molecule has 13 heavy (non-hydrogen) atoms. The van der Waals surface area contributed by atoms with Crippen LogP contribution in [0.1, 0.15) is 12.5 Å². The first-order valence-corrected chi connectivity index (χ1v) is 5.39. The lowest BCUT2D eigenvalue weighted by molar-refractivity contribution is 0.339. The first-order valence-electron chi connectivity index (χ1n) is 4.57. The van der Waals surface area contributed by atoms with E-state index in [0.29, 0.717) is 0 Å². The van der Waals surface area contributed by atoms with Crippen LogP contribution in [0.15, 0.2) is 24.3 Å². The SMILES string of the molecule is CCOc1ccc(CCO[SiH3])cc1. The van der Waals surface area contributed by atoms with Crippen LogP contribution in [0.4, 0.5) is 0 Å². The molecule has 1 aromatic carbocycles. The zero-order chi connectivity index (χ0) is 9.52. The average Bonchev–Trinajstić information content (AvgIpc) is 2.17. The maximum Gasteiger partial charge on any atom is 0.145 e. The summed E-state index contributed by atoms with van der Waals surface area (Å²) in [7, 11) is 0.824. The summed E-state index contributed by atoms with van der Waals surface area (Å²) in [5, 5.41) is 0. The maximum absolute atomic E-state index is 5.34. The smallest absolute Gasteiger partial charge is 0.145 e. The Balaban J connectivity index is 2.48. The van der Waals surface area contributed by atoms with Gasteiger partial charge in [-0.1, -0.05) is 12.1 Å². The summed E-state index contributed by atoms with van der Waals surface area (Å²) in [6.07, 6.45) is 0.996. The summed E-state index contributed by atoms with van der Waals surface area (Å²) in [6.45, 7) is 3.55. The quantitative estimate of drug-likeness (QED) is 0.652. The molecule has 0 aliphatic carbocycles. The van der Waals surface area contributed by atoms with E-state index in [9.17, 15) is 0 Å². The zero-order valence-electron chi connectivity index (χ0n) is 8.25. The first kappa shape index (κ1) is 10.3. The molecule has 0 aliphatic rings. The largest absolute Gasteiger partial charge is 0.494 e. The first-order chi connectivity index (χ1) is 6.36. The molecule has 0 amide bonds. The van der Waals surface area contributed by atoms with Crippen LogP contribution in [0.2, 0.25) is 0 Å². The molecule has 0 unspecified atom stereocenters. The van der Waals surface area contributed by atoms with E-state index in [2.05, 4.69) is 12.1 Å². The van der Waals surface area contributed by atoms with Crippen molar-refractivity contribution in [1.82, 2.24) is 0 Å². The maximum atomic E-state index is 5.34. The van der Waals surface area contributed by atoms with Crippen LogP contribution < -0.4 is 4.74 Å². The summed E-state index contributed by atoms with van der Waals surface area (Å²) < 4.78 is 10.5. The molecular formula is C10H16O2Si. The van der Waals surface area contributed by atoms with Gasteiger partial charge in [-0.05, 0) is 31.0 Å². The minimum Gasteiger partial charge on any atom is -0.494 e. The third-order valence-electron chi connectivity index (χ3n) is 1.83. The molecule has 3 heteroatoms. The van der Waals surface area contributed by atoms with Gasteiger partial charge in [-0.25, -0.2) is 0 Å². The van der Waals surface area contributed by atoms with Crippen molar-refractivity contribution in [2.45, 2.75) is 13.3 Å². The fourth-order valence-electron chi connectivity index (χ4n) is 1.14. The van der Waals surface area contributed by atoms with Crippen LogP contribution >= 0.6 is 0 Å². The van der Waals surface area contributed by atoms with Crippen molar-refractivity contribution in [2.75, 3.05) is 13.2 Å². The normalized spacial score (nSPS) is 10.2.